The van der Waals surface area contributed by atoms with Crippen LogP contribution in [0.5, 0.6) is 0 Å². The molecule has 0 spiro atoms. The first-order valence-corrected chi connectivity index (χ1v) is 9.54. The standard InChI is InChI=1S/C21H23BrFNO2/c1-21(2,3)19-10-9-15-11-17(23)16(22)12-18(15)24(19)20(25)26-13-14-7-5-4-6-8-14/h4-8,11-12,19H,9-10,13H2,1-3H3. The van der Waals surface area contributed by atoms with Crippen molar-refractivity contribution < 1.29 is 13.9 Å². The molecule has 2 aromatic rings. The van der Waals surface area contributed by atoms with Crippen LogP contribution >= 0.6 is 15.9 Å². The zero-order chi connectivity index (χ0) is 18.9. The van der Waals surface area contributed by atoms with Crippen LogP contribution in [0.15, 0.2) is 46.9 Å². The van der Waals surface area contributed by atoms with E-state index in [1.165, 1.54) is 6.07 Å². The maximum atomic E-state index is 14.0. The lowest BCUT2D eigenvalue weighted by atomic mass is 9.79. The SMILES string of the molecule is CC(C)(C)C1CCc2cc(F)c(Br)cc2N1C(=O)OCc1ccccc1. The molecule has 1 aliphatic heterocycles. The van der Waals surface area contributed by atoms with E-state index in [0.717, 1.165) is 29.7 Å². The van der Waals surface area contributed by atoms with Gasteiger partial charge in [-0.3, -0.25) is 4.90 Å². The number of rotatable bonds is 2. The van der Waals surface area contributed by atoms with Crippen LogP contribution in [-0.4, -0.2) is 12.1 Å². The molecule has 0 radical (unpaired) electrons. The van der Waals surface area contributed by atoms with E-state index in [2.05, 4.69) is 36.7 Å². The average Bonchev–Trinajstić information content (AvgIpc) is 2.60. The second-order valence-corrected chi connectivity index (χ2v) is 8.58. The Bertz CT molecular complexity index is 802. The van der Waals surface area contributed by atoms with Crippen LogP contribution in [0.3, 0.4) is 0 Å². The van der Waals surface area contributed by atoms with E-state index in [0.29, 0.717) is 4.47 Å². The van der Waals surface area contributed by atoms with Gasteiger partial charge in [-0.1, -0.05) is 51.1 Å². The molecule has 5 heteroatoms. The van der Waals surface area contributed by atoms with Crippen molar-refractivity contribution >= 4 is 27.7 Å². The lowest BCUT2D eigenvalue weighted by Crippen LogP contribution is -2.50. The highest BCUT2D eigenvalue weighted by Crippen LogP contribution is 2.40. The predicted molar refractivity (Wildman–Crippen MR) is 105 cm³/mol. The van der Waals surface area contributed by atoms with Gasteiger partial charge in [-0.2, -0.15) is 0 Å². The Morgan fingerprint density at radius 3 is 2.62 bits per heavy atom. The Kier molecular flexibility index (Phi) is 5.37. The van der Waals surface area contributed by atoms with Crippen molar-refractivity contribution in [1.29, 1.82) is 0 Å². The predicted octanol–water partition coefficient (Wildman–Crippen LogP) is 6.09. The van der Waals surface area contributed by atoms with Crippen LogP contribution in [0.25, 0.3) is 0 Å². The van der Waals surface area contributed by atoms with Crippen LogP contribution in [0, 0.1) is 11.2 Å². The largest absolute Gasteiger partial charge is 0.444 e. The number of carbonyl (C=O) groups is 1. The molecule has 0 N–H and O–H groups in total. The lowest BCUT2D eigenvalue weighted by molar-refractivity contribution is 0.136. The molecule has 26 heavy (non-hydrogen) atoms. The van der Waals surface area contributed by atoms with E-state index in [1.807, 2.05) is 30.3 Å². The fourth-order valence-corrected chi connectivity index (χ4v) is 3.76. The van der Waals surface area contributed by atoms with E-state index in [1.54, 1.807) is 11.0 Å². The summed E-state index contributed by atoms with van der Waals surface area (Å²) >= 11 is 3.24. The number of fused-ring (bicyclic) bond motifs is 1. The number of hydrogen-bond donors (Lipinski definition) is 0. The minimum Gasteiger partial charge on any atom is -0.444 e. The van der Waals surface area contributed by atoms with Crippen molar-refractivity contribution in [1.82, 2.24) is 0 Å². The van der Waals surface area contributed by atoms with Crippen molar-refractivity contribution in [3.63, 3.8) is 0 Å². The van der Waals surface area contributed by atoms with Gasteiger partial charge < -0.3 is 4.74 Å². The van der Waals surface area contributed by atoms with E-state index in [-0.39, 0.29) is 23.9 Å². The minimum absolute atomic E-state index is 0.0179. The minimum atomic E-state index is -0.395. The van der Waals surface area contributed by atoms with Gasteiger partial charge in [-0.15, -0.1) is 0 Å². The zero-order valence-electron chi connectivity index (χ0n) is 15.3. The van der Waals surface area contributed by atoms with E-state index < -0.39 is 6.09 Å². The number of hydrogen-bond acceptors (Lipinski definition) is 2. The summed E-state index contributed by atoms with van der Waals surface area (Å²) in [6.45, 7) is 6.54. The maximum Gasteiger partial charge on any atom is 0.414 e. The summed E-state index contributed by atoms with van der Waals surface area (Å²) < 4.78 is 19.9. The van der Waals surface area contributed by atoms with Gasteiger partial charge in [0.2, 0.25) is 0 Å². The molecule has 0 saturated carbocycles. The summed E-state index contributed by atoms with van der Waals surface area (Å²) in [6.07, 6.45) is 1.12. The van der Waals surface area contributed by atoms with Gasteiger partial charge in [0.25, 0.3) is 0 Å². The summed E-state index contributed by atoms with van der Waals surface area (Å²) in [5.41, 5.74) is 2.38. The number of amides is 1. The summed E-state index contributed by atoms with van der Waals surface area (Å²) in [5, 5.41) is 0. The molecule has 1 unspecified atom stereocenters. The van der Waals surface area contributed by atoms with Crippen molar-refractivity contribution in [2.75, 3.05) is 4.90 Å². The maximum absolute atomic E-state index is 14.0. The van der Waals surface area contributed by atoms with Gasteiger partial charge in [0, 0.05) is 6.04 Å². The lowest BCUT2D eigenvalue weighted by Gasteiger charge is -2.43. The molecule has 0 saturated heterocycles. The number of nitrogens with zero attached hydrogens (tertiary/aromatic N) is 1. The third kappa shape index (κ3) is 3.93. The molecular formula is C21H23BrFNO2. The highest BCUT2D eigenvalue weighted by molar-refractivity contribution is 9.10. The van der Waals surface area contributed by atoms with Crippen LogP contribution < -0.4 is 4.90 Å². The first-order chi connectivity index (χ1) is 12.3. The Hall–Kier alpha value is -1.88. The highest BCUT2D eigenvalue weighted by atomic mass is 79.9. The molecule has 3 rings (SSSR count). The number of carbonyl (C=O) groups excluding carboxylic acids is 1. The highest BCUT2D eigenvalue weighted by Gasteiger charge is 2.39. The van der Waals surface area contributed by atoms with Gasteiger partial charge >= 0.3 is 6.09 Å². The van der Waals surface area contributed by atoms with Crippen molar-refractivity contribution in [2.24, 2.45) is 5.41 Å². The summed E-state index contributed by atoms with van der Waals surface area (Å²) in [5.74, 6) is -0.310. The second kappa shape index (κ2) is 7.39. The topological polar surface area (TPSA) is 29.5 Å². The number of benzene rings is 2. The van der Waals surface area contributed by atoms with E-state index in [9.17, 15) is 9.18 Å². The molecule has 0 aromatic heterocycles. The first kappa shape index (κ1) is 18.9. The second-order valence-electron chi connectivity index (χ2n) is 7.73. The van der Waals surface area contributed by atoms with Gasteiger partial charge in [0.05, 0.1) is 10.2 Å². The van der Waals surface area contributed by atoms with Gasteiger partial charge in [0.1, 0.15) is 12.4 Å². The van der Waals surface area contributed by atoms with E-state index >= 15 is 0 Å². The van der Waals surface area contributed by atoms with Gasteiger partial charge in [-0.25, -0.2) is 9.18 Å². The first-order valence-electron chi connectivity index (χ1n) is 8.75. The molecule has 1 atom stereocenters. The van der Waals surface area contributed by atoms with E-state index in [4.69, 9.17) is 4.74 Å². The van der Waals surface area contributed by atoms with Crippen molar-refractivity contribution in [2.45, 2.75) is 46.3 Å². The Balaban J connectivity index is 1.92. The molecule has 138 valence electrons. The molecule has 2 aromatic carbocycles. The molecule has 0 fully saturated rings. The fourth-order valence-electron chi connectivity index (χ4n) is 3.43. The Labute approximate surface area is 162 Å². The zero-order valence-corrected chi connectivity index (χ0v) is 16.8. The van der Waals surface area contributed by atoms with Crippen molar-refractivity contribution in [3.05, 3.63) is 63.9 Å². The number of anilines is 1. The summed E-state index contributed by atoms with van der Waals surface area (Å²) in [4.78, 5) is 14.7. The number of ether oxygens (including phenoxy) is 1. The summed E-state index contributed by atoms with van der Waals surface area (Å²) in [7, 11) is 0. The van der Waals surface area contributed by atoms with Crippen LogP contribution in [-0.2, 0) is 17.8 Å². The molecule has 0 bridgehead atoms. The third-order valence-electron chi connectivity index (χ3n) is 4.78. The van der Waals surface area contributed by atoms with Gasteiger partial charge in [-0.05, 0) is 57.4 Å². The fraction of sp³-hybridized carbons (Fsp3) is 0.381. The van der Waals surface area contributed by atoms with Crippen LogP contribution in [0.2, 0.25) is 0 Å². The smallest absolute Gasteiger partial charge is 0.414 e. The average molecular weight is 420 g/mol. The van der Waals surface area contributed by atoms with Crippen LogP contribution in [0.1, 0.15) is 38.3 Å². The molecular weight excluding hydrogens is 397 g/mol. The molecule has 0 aliphatic carbocycles. The number of halogens is 2. The summed E-state index contributed by atoms with van der Waals surface area (Å²) in [6, 6.07) is 12.8. The Morgan fingerprint density at radius 1 is 1.27 bits per heavy atom. The molecule has 3 nitrogen and oxygen atoms in total. The molecule has 1 heterocycles. The molecule has 1 amide bonds. The van der Waals surface area contributed by atoms with Crippen LogP contribution in [0.4, 0.5) is 14.9 Å². The number of aryl methyl sites for hydroxylation is 1. The normalized spacial score (nSPS) is 17.0. The molecule has 1 aliphatic rings. The van der Waals surface area contributed by atoms with Gasteiger partial charge in [0.15, 0.2) is 0 Å². The quantitative estimate of drug-likeness (QED) is 0.588. The third-order valence-corrected chi connectivity index (χ3v) is 5.39. The van der Waals surface area contributed by atoms with Crippen molar-refractivity contribution in [3.8, 4) is 0 Å². The Morgan fingerprint density at radius 2 is 1.96 bits per heavy atom. The monoisotopic (exact) mass is 419 g/mol.